The molecule has 9 heteroatoms. The van der Waals surface area contributed by atoms with E-state index >= 15 is 0 Å². The molecule has 0 saturated carbocycles. The van der Waals surface area contributed by atoms with Crippen LogP contribution in [0.5, 0.6) is 5.75 Å². The van der Waals surface area contributed by atoms with Crippen LogP contribution >= 0.6 is 22.9 Å². The number of aromatic nitrogens is 1. The van der Waals surface area contributed by atoms with E-state index in [-0.39, 0.29) is 12.4 Å². The summed E-state index contributed by atoms with van der Waals surface area (Å²) in [4.78, 5) is 29.0. The number of carbonyl (C=O) groups excluding carboxylic acids is 2. The van der Waals surface area contributed by atoms with Gasteiger partial charge in [0.15, 0.2) is 0 Å². The molecule has 0 aliphatic carbocycles. The van der Waals surface area contributed by atoms with Crippen LogP contribution < -0.4 is 15.6 Å². The quantitative estimate of drug-likeness (QED) is 0.615. The van der Waals surface area contributed by atoms with Crippen molar-refractivity contribution in [2.75, 3.05) is 0 Å². The number of benzene rings is 2. The zero-order valence-electron chi connectivity index (χ0n) is 14.7. The number of nitrogens with zero attached hydrogens (tertiary/aromatic N) is 1. The van der Waals surface area contributed by atoms with Crippen molar-refractivity contribution in [2.24, 2.45) is 0 Å². The first kappa shape index (κ1) is 19.8. The number of hydrazine groups is 1. The second-order valence-corrected chi connectivity index (χ2v) is 7.20. The SMILES string of the molecule is Cc1nc(COc2ccc(F)cc2)sc1C(=O)NNC(=O)c1ccc(Cl)cc1. The van der Waals surface area contributed by atoms with Gasteiger partial charge in [0.1, 0.15) is 28.1 Å². The molecular formula is C19H15ClFN3O3S. The summed E-state index contributed by atoms with van der Waals surface area (Å²) in [5, 5.41) is 1.09. The minimum atomic E-state index is -0.481. The highest BCUT2D eigenvalue weighted by Crippen LogP contribution is 2.20. The van der Waals surface area contributed by atoms with Crippen LogP contribution in [0.4, 0.5) is 4.39 Å². The first-order valence-corrected chi connectivity index (χ1v) is 9.33. The van der Waals surface area contributed by atoms with E-state index < -0.39 is 11.8 Å². The lowest BCUT2D eigenvalue weighted by Crippen LogP contribution is -2.41. The van der Waals surface area contributed by atoms with Crippen molar-refractivity contribution >= 4 is 34.8 Å². The lowest BCUT2D eigenvalue weighted by atomic mass is 10.2. The third-order valence-corrected chi connectivity index (χ3v) is 5.00. The lowest BCUT2D eigenvalue weighted by Gasteiger charge is -2.06. The van der Waals surface area contributed by atoms with Gasteiger partial charge in [0.05, 0.1) is 5.69 Å². The lowest BCUT2D eigenvalue weighted by molar-refractivity contribution is 0.0848. The van der Waals surface area contributed by atoms with Crippen LogP contribution in [-0.4, -0.2) is 16.8 Å². The molecule has 0 fully saturated rings. The summed E-state index contributed by atoms with van der Waals surface area (Å²) >= 11 is 6.93. The number of ether oxygens (including phenoxy) is 1. The zero-order valence-corrected chi connectivity index (χ0v) is 16.2. The topological polar surface area (TPSA) is 80.3 Å². The van der Waals surface area contributed by atoms with Gasteiger partial charge in [-0.1, -0.05) is 11.6 Å². The number of amides is 2. The number of aryl methyl sites for hydroxylation is 1. The second-order valence-electron chi connectivity index (χ2n) is 5.68. The normalized spacial score (nSPS) is 10.4. The van der Waals surface area contributed by atoms with Crippen LogP contribution in [0, 0.1) is 12.7 Å². The summed E-state index contributed by atoms with van der Waals surface area (Å²) in [6.07, 6.45) is 0. The van der Waals surface area contributed by atoms with Gasteiger partial charge in [-0.05, 0) is 55.5 Å². The van der Waals surface area contributed by atoms with Crippen molar-refractivity contribution in [1.29, 1.82) is 0 Å². The Bertz CT molecular complexity index is 991. The average Bonchev–Trinajstić information content (AvgIpc) is 3.06. The molecule has 3 rings (SSSR count). The van der Waals surface area contributed by atoms with Crippen molar-refractivity contribution in [3.63, 3.8) is 0 Å². The Kier molecular flexibility index (Phi) is 6.23. The van der Waals surface area contributed by atoms with Gasteiger partial charge in [-0.15, -0.1) is 11.3 Å². The predicted octanol–water partition coefficient (Wildman–Crippen LogP) is 3.90. The number of rotatable bonds is 5. The Morgan fingerprint density at radius 1 is 1.07 bits per heavy atom. The Labute approximate surface area is 169 Å². The van der Waals surface area contributed by atoms with Gasteiger partial charge < -0.3 is 4.74 Å². The van der Waals surface area contributed by atoms with Crippen LogP contribution in [0.3, 0.4) is 0 Å². The molecule has 0 saturated heterocycles. The molecule has 0 aliphatic heterocycles. The van der Waals surface area contributed by atoms with Gasteiger partial charge in [0, 0.05) is 10.6 Å². The maximum atomic E-state index is 12.9. The Morgan fingerprint density at radius 3 is 2.39 bits per heavy atom. The van der Waals surface area contributed by atoms with Crippen molar-refractivity contribution in [1.82, 2.24) is 15.8 Å². The fourth-order valence-electron chi connectivity index (χ4n) is 2.24. The van der Waals surface area contributed by atoms with Crippen LogP contribution in [0.15, 0.2) is 48.5 Å². The maximum absolute atomic E-state index is 12.9. The van der Waals surface area contributed by atoms with Crippen LogP contribution in [-0.2, 0) is 6.61 Å². The molecule has 1 heterocycles. The average molecular weight is 420 g/mol. The molecule has 2 amide bonds. The number of halogens is 2. The molecule has 144 valence electrons. The van der Waals surface area contributed by atoms with E-state index in [0.29, 0.717) is 31.9 Å². The molecule has 2 N–H and O–H groups in total. The molecule has 6 nitrogen and oxygen atoms in total. The van der Waals surface area contributed by atoms with Gasteiger partial charge in [-0.2, -0.15) is 0 Å². The largest absolute Gasteiger partial charge is 0.486 e. The monoisotopic (exact) mass is 419 g/mol. The summed E-state index contributed by atoms with van der Waals surface area (Å²) in [6.45, 7) is 1.83. The van der Waals surface area contributed by atoms with E-state index in [0.717, 1.165) is 11.3 Å². The number of thiazole rings is 1. The fourth-order valence-corrected chi connectivity index (χ4v) is 3.24. The molecule has 28 heavy (non-hydrogen) atoms. The molecule has 0 spiro atoms. The Morgan fingerprint density at radius 2 is 1.71 bits per heavy atom. The van der Waals surface area contributed by atoms with Crippen LogP contribution in [0.2, 0.25) is 5.02 Å². The number of hydrogen-bond acceptors (Lipinski definition) is 5. The molecule has 1 aromatic heterocycles. The molecular weight excluding hydrogens is 405 g/mol. The highest BCUT2D eigenvalue weighted by atomic mass is 35.5. The third kappa shape index (κ3) is 5.05. The zero-order chi connectivity index (χ0) is 20.1. The van der Waals surface area contributed by atoms with Crippen molar-refractivity contribution in [3.8, 4) is 5.75 Å². The molecule has 0 bridgehead atoms. The van der Waals surface area contributed by atoms with Crippen molar-refractivity contribution < 1.29 is 18.7 Å². The van der Waals surface area contributed by atoms with E-state index in [4.69, 9.17) is 16.3 Å². The van der Waals surface area contributed by atoms with Crippen LogP contribution in [0.25, 0.3) is 0 Å². The van der Waals surface area contributed by atoms with Crippen molar-refractivity contribution in [2.45, 2.75) is 13.5 Å². The summed E-state index contributed by atoms with van der Waals surface area (Å²) in [6, 6.07) is 11.9. The van der Waals surface area contributed by atoms with Gasteiger partial charge >= 0.3 is 0 Å². The van der Waals surface area contributed by atoms with Gasteiger partial charge in [0.25, 0.3) is 11.8 Å². The first-order valence-electron chi connectivity index (χ1n) is 8.13. The highest BCUT2D eigenvalue weighted by molar-refractivity contribution is 7.13. The number of nitrogens with one attached hydrogen (secondary N) is 2. The summed E-state index contributed by atoms with van der Waals surface area (Å²) in [5.74, 6) is -0.801. The molecule has 0 atom stereocenters. The van der Waals surface area contributed by atoms with Gasteiger partial charge in [-0.25, -0.2) is 9.37 Å². The van der Waals surface area contributed by atoms with E-state index in [9.17, 15) is 14.0 Å². The smallest absolute Gasteiger partial charge is 0.281 e. The third-order valence-electron chi connectivity index (χ3n) is 3.62. The van der Waals surface area contributed by atoms with Crippen molar-refractivity contribution in [3.05, 3.63) is 80.5 Å². The Hall–Kier alpha value is -2.97. The van der Waals surface area contributed by atoms with Gasteiger partial charge in [0.2, 0.25) is 0 Å². The summed E-state index contributed by atoms with van der Waals surface area (Å²) in [7, 11) is 0. The van der Waals surface area contributed by atoms with E-state index in [1.807, 2.05) is 0 Å². The van der Waals surface area contributed by atoms with Crippen LogP contribution in [0.1, 0.15) is 30.7 Å². The summed E-state index contributed by atoms with van der Waals surface area (Å²) < 4.78 is 18.4. The minimum Gasteiger partial charge on any atom is -0.486 e. The molecule has 0 aliphatic rings. The molecule has 0 radical (unpaired) electrons. The van der Waals surface area contributed by atoms with E-state index in [1.54, 1.807) is 31.2 Å². The molecule has 0 unspecified atom stereocenters. The molecule has 2 aromatic carbocycles. The van der Waals surface area contributed by atoms with E-state index in [2.05, 4.69) is 15.8 Å². The molecule has 3 aromatic rings. The minimum absolute atomic E-state index is 0.140. The highest BCUT2D eigenvalue weighted by Gasteiger charge is 2.16. The maximum Gasteiger partial charge on any atom is 0.281 e. The number of hydrogen-bond donors (Lipinski definition) is 2. The summed E-state index contributed by atoms with van der Waals surface area (Å²) in [5.41, 5.74) is 5.58. The first-order chi connectivity index (χ1) is 13.4. The number of carbonyl (C=O) groups is 2. The standard InChI is InChI=1S/C19H15ClFN3O3S/c1-11-17(19(26)24-23-18(25)12-2-4-13(20)5-3-12)28-16(22-11)10-27-15-8-6-14(21)7-9-15/h2-9H,10H2,1H3,(H,23,25)(H,24,26). The van der Waals surface area contributed by atoms with Gasteiger partial charge in [-0.3, -0.25) is 20.4 Å². The van der Waals surface area contributed by atoms with E-state index in [1.165, 1.54) is 24.3 Å². The second kappa shape index (κ2) is 8.81. The predicted molar refractivity (Wildman–Crippen MR) is 104 cm³/mol. The fraction of sp³-hybridized carbons (Fsp3) is 0.105. The Balaban J connectivity index is 1.57.